The van der Waals surface area contributed by atoms with Crippen molar-refractivity contribution in [2.24, 2.45) is 0 Å². The third kappa shape index (κ3) is 3.63. The number of piperidine rings is 1. The molecule has 1 aliphatic heterocycles. The Morgan fingerprint density at radius 2 is 1.81 bits per heavy atom. The number of pyridine rings is 1. The molecule has 4 nitrogen and oxygen atoms in total. The molecule has 26 heavy (non-hydrogen) atoms. The van der Waals surface area contributed by atoms with E-state index in [4.69, 9.17) is 0 Å². The molecule has 3 aromatic rings. The van der Waals surface area contributed by atoms with Gasteiger partial charge in [-0.05, 0) is 49.4 Å². The summed E-state index contributed by atoms with van der Waals surface area (Å²) < 4.78 is 2.09. The third-order valence-electron chi connectivity index (χ3n) is 4.86. The largest absolute Gasteiger partial charge is 0.371 e. The van der Waals surface area contributed by atoms with Gasteiger partial charge in [-0.2, -0.15) is 0 Å². The highest BCUT2D eigenvalue weighted by atomic mass is 32.2. The summed E-state index contributed by atoms with van der Waals surface area (Å²) in [5, 5.41) is 0.986. The van der Waals surface area contributed by atoms with Gasteiger partial charge >= 0.3 is 0 Å². The first kappa shape index (κ1) is 17.2. The van der Waals surface area contributed by atoms with E-state index in [2.05, 4.69) is 56.7 Å². The Bertz CT molecular complexity index is 868. The lowest BCUT2D eigenvalue weighted by atomic mass is 10.1. The van der Waals surface area contributed by atoms with Crippen LogP contribution in [0, 0.1) is 6.92 Å². The fourth-order valence-corrected chi connectivity index (χ4v) is 4.46. The molecule has 1 aromatic carbocycles. The first-order valence-corrected chi connectivity index (χ1v) is 10.2. The summed E-state index contributed by atoms with van der Waals surface area (Å²) in [6.07, 6.45) is 9.63. The zero-order chi connectivity index (χ0) is 17.8. The number of benzene rings is 1. The Hall–Kier alpha value is -2.27. The molecule has 0 atom stereocenters. The minimum absolute atomic E-state index is 0.912. The Morgan fingerprint density at radius 1 is 0.962 bits per heavy atom. The van der Waals surface area contributed by atoms with Gasteiger partial charge in [0.2, 0.25) is 0 Å². The maximum Gasteiger partial charge on any atom is 0.174 e. The fourth-order valence-electron chi connectivity index (χ4n) is 3.51. The minimum Gasteiger partial charge on any atom is -0.371 e. The maximum absolute atomic E-state index is 4.56. The van der Waals surface area contributed by atoms with Crippen molar-refractivity contribution in [3.8, 4) is 5.82 Å². The van der Waals surface area contributed by atoms with Crippen LogP contribution in [-0.2, 0) is 5.75 Å². The van der Waals surface area contributed by atoms with Crippen molar-refractivity contribution >= 4 is 17.4 Å². The summed E-state index contributed by atoms with van der Waals surface area (Å²) in [4.78, 5) is 11.6. The SMILES string of the molecule is Cc1cccnc1-n1ccnc1SCc1ccccc1N1CCCCC1. The van der Waals surface area contributed by atoms with Crippen molar-refractivity contribution in [3.05, 3.63) is 66.1 Å². The molecule has 3 heterocycles. The maximum atomic E-state index is 4.56. The number of imidazole rings is 1. The molecule has 4 rings (SSSR count). The van der Waals surface area contributed by atoms with Gasteiger partial charge in [0, 0.05) is 43.1 Å². The van der Waals surface area contributed by atoms with Gasteiger partial charge in [-0.1, -0.05) is 36.0 Å². The molecule has 5 heteroatoms. The van der Waals surface area contributed by atoms with E-state index >= 15 is 0 Å². The van der Waals surface area contributed by atoms with E-state index in [0.717, 1.165) is 22.3 Å². The highest BCUT2D eigenvalue weighted by molar-refractivity contribution is 7.98. The first-order chi connectivity index (χ1) is 12.8. The molecule has 1 aliphatic rings. The number of para-hydroxylation sites is 1. The molecular formula is C21H24N4S. The van der Waals surface area contributed by atoms with Crippen LogP contribution in [0.15, 0.2) is 60.1 Å². The molecule has 1 fully saturated rings. The summed E-state index contributed by atoms with van der Waals surface area (Å²) >= 11 is 1.77. The van der Waals surface area contributed by atoms with Crippen LogP contribution in [-0.4, -0.2) is 27.6 Å². The molecule has 0 aliphatic carbocycles. The summed E-state index contributed by atoms with van der Waals surface area (Å²) in [6.45, 7) is 4.43. The van der Waals surface area contributed by atoms with E-state index in [1.807, 2.05) is 24.7 Å². The van der Waals surface area contributed by atoms with Gasteiger partial charge < -0.3 is 4.90 Å². The second-order valence-corrected chi connectivity index (χ2v) is 7.63. The summed E-state index contributed by atoms with van der Waals surface area (Å²) in [5.41, 5.74) is 3.92. The normalized spacial score (nSPS) is 14.6. The molecule has 1 saturated heterocycles. The quantitative estimate of drug-likeness (QED) is 0.606. The fraction of sp³-hybridized carbons (Fsp3) is 0.333. The highest BCUT2D eigenvalue weighted by Gasteiger charge is 2.15. The minimum atomic E-state index is 0.912. The second-order valence-electron chi connectivity index (χ2n) is 6.69. The van der Waals surface area contributed by atoms with Crippen LogP contribution in [0.5, 0.6) is 0 Å². The molecule has 0 radical (unpaired) electrons. The van der Waals surface area contributed by atoms with E-state index in [1.54, 1.807) is 11.8 Å². The van der Waals surface area contributed by atoms with E-state index in [-0.39, 0.29) is 0 Å². The van der Waals surface area contributed by atoms with Crippen molar-refractivity contribution < 1.29 is 0 Å². The zero-order valence-corrected chi connectivity index (χ0v) is 16.0. The smallest absolute Gasteiger partial charge is 0.174 e. The number of rotatable bonds is 5. The lowest BCUT2D eigenvalue weighted by Gasteiger charge is -2.30. The molecule has 0 saturated carbocycles. The molecule has 0 bridgehead atoms. The van der Waals surface area contributed by atoms with Crippen molar-refractivity contribution in [2.75, 3.05) is 18.0 Å². The van der Waals surface area contributed by atoms with Gasteiger partial charge in [0.25, 0.3) is 0 Å². The van der Waals surface area contributed by atoms with Crippen LogP contribution in [0.25, 0.3) is 5.82 Å². The Labute approximate surface area is 159 Å². The predicted molar refractivity (Wildman–Crippen MR) is 108 cm³/mol. The van der Waals surface area contributed by atoms with Crippen LogP contribution in [0.1, 0.15) is 30.4 Å². The molecule has 0 N–H and O–H groups in total. The van der Waals surface area contributed by atoms with Crippen LogP contribution in [0.2, 0.25) is 0 Å². The first-order valence-electron chi connectivity index (χ1n) is 9.24. The van der Waals surface area contributed by atoms with Crippen molar-refractivity contribution in [1.29, 1.82) is 0 Å². The Balaban J connectivity index is 1.54. The van der Waals surface area contributed by atoms with E-state index in [0.29, 0.717) is 0 Å². The lowest BCUT2D eigenvalue weighted by molar-refractivity contribution is 0.577. The highest BCUT2D eigenvalue weighted by Crippen LogP contribution is 2.30. The average Bonchev–Trinajstić information content (AvgIpc) is 3.16. The van der Waals surface area contributed by atoms with Gasteiger partial charge in [0.05, 0.1) is 0 Å². The van der Waals surface area contributed by atoms with Crippen molar-refractivity contribution in [2.45, 2.75) is 37.1 Å². The van der Waals surface area contributed by atoms with Crippen molar-refractivity contribution in [1.82, 2.24) is 14.5 Å². The van der Waals surface area contributed by atoms with E-state index < -0.39 is 0 Å². The average molecular weight is 365 g/mol. The zero-order valence-electron chi connectivity index (χ0n) is 15.1. The number of nitrogens with zero attached hydrogens (tertiary/aromatic N) is 4. The topological polar surface area (TPSA) is 34.0 Å². The monoisotopic (exact) mass is 364 g/mol. The van der Waals surface area contributed by atoms with Crippen molar-refractivity contribution in [3.63, 3.8) is 0 Å². The lowest BCUT2D eigenvalue weighted by Crippen LogP contribution is -2.30. The summed E-state index contributed by atoms with van der Waals surface area (Å²) in [7, 11) is 0. The van der Waals surface area contributed by atoms with Gasteiger partial charge in [0.15, 0.2) is 5.16 Å². The van der Waals surface area contributed by atoms with Crippen LogP contribution >= 0.6 is 11.8 Å². The molecule has 0 unspecified atom stereocenters. The summed E-state index contributed by atoms with van der Waals surface area (Å²) in [5.74, 6) is 1.87. The number of thioether (sulfide) groups is 1. The number of aromatic nitrogens is 3. The van der Waals surface area contributed by atoms with Gasteiger partial charge in [-0.3, -0.25) is 4.57 Å². The number of hydrogen-bond acceptors (Lipinski definition) is 4. The van der Waals surface area contributed by atoms with Crippen LogP contribution in [0.4, 0.5) is 5.69 Å². The van der Waals surface area contributed by atoms with Gasteiger partial charge in [-0.15, -0.1) is 0 Å². The van der Waals surface area contributed by atoms with Crippen LogP contribution < -0.4 is 4.90 Å². The number of hydrogen-bond donors (Lipinski definition) is 0. The standard InChI is InChI=1S/C21H24N4S/c1-17-8-7-11-22-20(17)25-15-12-23-21(25)26-16-18-9-3-4-10-19(18)24-13-5-2-6-14-24/h3-4,7-12,15H,2,5-6,13-14,16H2,1H3. The molecule has 2 aromatic heterocycles. The molecule has 134 valence electrons. The number of aryl methyl sites for hydroxylation is 1. The molecule has 0 amide bonds. The second kappa shape index (κ2) is 7.96. The Morgan fingerprint density at radius 3 is 2.65 bits per heavy atom. The van der Waals surface area contributed by atoms with Gasteiger partial charge in [-0.25, -0.2) is 9.97 Å². The third-order valence-corrected chi connectivity index (χ3v) is 5.88. The van der Waals surface area contributed by atoms with E-state index in [1.165, 1.54) is 43.6 Å². The van der Waals surface area contributed by atoms with E-state index in [9.17, 15) is 0 Å². The summed E-state index contributed by atoms with van der Waals surface area (Å²) in [6, 6.07) is 12.8. The Kier molecular flexibility index (Phi) is 5.25. The molecule has 0 spiro atoms. The number of anilines is 1. The predicted octanol–water partition coefficient (Wildman–Crippen LogP) is 4.86. The van der Waals surface area contributed by atoms with Gasteiger partial charge in [0.1, 0.15) is 5.82 Å². The molecular weight excluding hydrogens is 340 g/mol. The van der Waals surface area contributed by atoms with Crippen LogP contribution in [0.3, 0.4) is 0 Å².